The Morgan fingerprint density at radius 2 is 1.44 bits per heavy atom. The molecular weight excluding hydrogens is 200 g/mol. The first-order valence-electron chi connectivity index (χ1n) is 6.60. The third kappa shape index (κ3) is 13.2. The smallest absolute Gasteiger partial charge is 0.303 e. The van der Waals surface area contributed by atoms with Crippen LogP contribution in [0.5, 0.6) is 0 Å². The SMILES string of the molecule is C/C=C\CCCCCCCCCCC(=O)O. The van der Waals surface area contributed by atoms with Gasteiger partial charge in [-0.25, -0.2) is 0 Å². The quantitative estimate of drug-likeness (QED) is 0.414. The molecule has 0 saturated carbocycles. The molecule has 0 amide bonds. The molecule has 0 aliphatic heterocycles. The summed E-state index contributed by atoms with van der Waals surface area (Å²) >= 11 is 0. The van der Waals surface area contributed by atoms with Crippen LogP contribution in [0.1, 0.15) is 71.1 Å². The van der Waals surface area contributed by atoms with Crippen molar-refractivity contribution in [3.05, 3.63) is 12.2 Å². The van der Waals surface area contributed by atoms with E-state index < -0.39 is 5.97 Å². The van der Waals surface area contributed by atoms with Gasteiger partial charge >= 0.3 is 5.97 Å². The van der Waals surface area contributed by atoms with Crippen LogP contribution in [-0.4, -0.2) is 11.1 Å². The number of carboxylic acid groups (broad SMARTS) is 1. The van der Waals surface area contributed by atoms with E-state index in [1.54, 1.807) is 0 Å². The van der Waals surface area contributed by atoms with Crippen molar-refractivity contribution in [2.45, 2.75) is 71.1 Å². The molecule has 0 spiro atoms. The Balaban J connectivity index is 2.96. The minimum atomic E-state index is -0.663. The summed E-state index contributed by atoms with van der Waals surface area (Å²) in [5, 5.41) is 8.45. The van der Waals surface area contributed by atoms with Gasteiger partial charge in [-0.1, -0.05) is 50.7 Å². The van der Waals surface area contributed by atoms with Crippen molar-refractivity contribution in [2.24, 2.45) is 0 Å². The zero-order valence-electron chi connectivity index (χ0n) is 10.6. The van der Waals surface area contributed by atoms with Crippen LogP contribution in [0.2, 0.25) is 0 Å². The van der Waals surface area contributed by atoms with Crippen molar-refractivity contribution >= 4 is 5.97 Å². The Bertz CT molecular complexity index is 185. The molecule has 16 heavy (non-hydrogen) atoms. The summed E-state index contributed by atoms with van der Waals surface area (Å²) in [6.07, 6.45) is 15.6. The predicted octanol–water partition coefficient (Wildman–Crippen LogP) is 4.55. The molecule has 0 unspecified atom stereocenters. The average Bonchev–Trinajstić information content (AvgIpc) is 2.25. The van der Waals surface area contributed by atoms with Crippen molar-refractivity contribution < 1.29 is 9.90 Å². The first-order chi connectivity index (χ1) is 7.77. The second kappa shape index (κ2) is 12.3. The molecule has 0 aromatic carbocycles. The largest absolute Gasteiger partial charge is 0.481 e. The lowest BCUT2D eigenvalue weighted by Crippen LogP contribution is -1.93. The third-order valence-corrected chi connectivity index (χ3v) is 2.75. The van der Waals surface area contributed by atoms with Gasteiger partial charge in [-0.2, -0.15) is 0 Å². The molecule has 2 nitrogen and oxygen atoms in total. The summed E-state index contributed by atoms with van der Waals surface area (Å²) < 4.78 is 0. The van der Waals surface area contributed by atoms with Gasteiger partial charge in [0.2, 0.25) is 0 Å². The maximum absolute atomic E-state index is 10.3. The molecule has 0 radical (unpaired) electrons. The zero-order chi connectivity index (χ0) is 12.1. The van der Waals surface area contributed by atoms with Crippen molar-refractivity contribution in [3.8, 4) is 0 Å². The van der Waals surface area contributed by atoms with Crippen molar-refractivity contribution in [1.82, 2.24) is 0 Å². The monoisotopic (exact) mass is 226 g/mol. The van der Waals surface area contributed by atoms with Crippen LogP contribution in [0.3, 0.4) is 0 Å². The van der Waals surface area contributed by atoms with E-state index >= 15 is 0 Å². The maximum atomic E-state index is 10.3. The van der Waals surface area contributed by atoms with E-state index in [2.05, 4.69) is 19.1 Å². The molecule has 0 aliphatic carbocycles. The molecule has 0 rings (SSSR count). The zero-order valence-corrected chi connectivity index (χ0v) is 10.6. The summed E-state index contributed by atoms with van der Waals surface area (Å²) in [6, 6.07) is 0. The standard InChI is InChI=1S/C14H26O2/c1-2-3-4-5-6-7-8-9-10-11-12-13-14(15)16/h2-3H,4-13H2,1H3,(H,15,16)/b3-2-. The number of unbranched alkanes of at least 4 members (excludes halogenated alkanes) is 8. The van der Waals surface area contributed by atoms with Gasteiger partial charge in [0.25, 0.3) is 0 Å². The maximum Gasteiger partial charge on any atom is 0.303 e. The normalized spacial score (nSPS) is 11.1. The van der Waals surface area contributed by atoms with Gasteiger partial charge in [-0.3, -0.25) is 4.79 Å². The number of hydrogen-bond donors (Lipinski definition) is 1. The topological polar surface area (TPSA) is 37.3 Å². The third-order valence-electron chi connectivity index (χ3n) is 2.75. The van der Waals surface area contributed by atoms with E-state index in [9.17, 15) is 4.79 Å². The van der Waals surface area contributed by atoms with Gasteiger partial charge < -0.3 is 5.11 Å². The summed E-state index contributed by atoms with van der Waals surface area (Å²) in [6.45, 7) is 2.07. The molecule has 94 valence electrons. The highest BCUT2D eigenvalue weighted by Crippen LogP contribution is 2.10. The Morgan fingerprint density at radius 1 is 0.938 bits per heavy atom. The Morgan fingerprint density at radius 3 is 1.94 bits per heavy atom. The van der Waals surface area contributed by atoms with Crippen molar-refractivity contribution in [3.63, 3.8) is 0 Å². The van der Waals surface area contributed by atoms with E-state index in [0.29, 0.717) is 6.42 Å². The minimum Gasteiger partial charge on any atom is -0.481 e. The molecule has 1 N–H and O–H groups in total. The second-order valence-electron chi connectivity index (χ2n) is 4.33. The van der Waals surface area contributed by atoms with Crippen molar-refractivity contribution in [2.75, 3.05) is 0 Å². The Kier molecular flexibility index (Phi) is 11.7. The molecule has 0 aliphatic rings. The second-order valence-corrected chi connectivity index (χ2v) is 4.33. The molecular formula is C14H26O2. The lowest BCUT2D eigenvalue weighted by molar-refractivity contribution is -0.137. The molecule has 0 aromatic heterocycles. The van der Waals surface area contributed by atoms with E-state index in [1.165, 1.54) is 44.9 Å². The van der Waals surface area contributed by atoms with Gasteiger partial charge in [-0.05, 0) is 26.2 Å². The van der Waals surface area contributed by atoms with E-state index in [-0.39, 0.29) is 0 Å². The summed E-state index contributed by atoms with van der Waals surface area (Å²) in [5.74, 6) is -0.663. The first kappa shape index (κ1) is 15.2. The number of carboxylic acids is 1. The fourth-order valence-corrected chi connectivity index (χ4v) is 1.77. The molecule has 0 saturated heterocycles. The highest BCUT2D eigenvalue weighted by Gasteiger charge is 1.96. The lowest BCUT2D eigenvalue weighted by atomic mass is 10.1. The number of allylic oxidation sites excluding steroid dienone is 2. The summed E-state index contributed by atoms with van der Waals surface area (Å²) in [7, 11) is 0. The lowest BCUT2D eigenvalue weighted by Gasteiger charge is -2.00. The average molecular weight is 226 g/mol. The van der Waals surface area contributed by atoms with Crippen LogP contribution in [0.15, 0.2) is 12.2 Å². The van der Waals surface area contributed by atoms with Gasteiger partial charge in [0.15, 0.2) is 0 Å². The molecule has 0 bridgehead atoms. The number of carbonyl (C=O) groups is 1. The highest BCUT2D eigenvalue weighted by molar-refractivity contribution is 5.66. The number of rotatable bonds is 11. The number of hydrogen-bond acceptors (Lipinski definition) is 1. The van der Waals surface area contributed by atoms with Crippen LogP contribution in [-0.2, 0) is 4.79 Å². The van der Waals surface area contributed by atoms with Crippen LogP contribution in [0, 0.1) is 0 Å². The Hall–Kier alpha value is -0.790. The van der Waals surface area contributed by atoms with Gasteiger partial charge in [0.1, 0.15) is 0 Å². The van der Waals surface area contributed by atoms with E-state index in [1.807, 2.05) is 0 Å². The first-order valence-corrected chi connectivity index (χ1v) is 6.60. The molecule has 0 heterocycles. The molecule has 0 aromatic rings. The van der Waals surface area contributed by atoms with Gasteiger partial charge in [0.05, 0.1) is 0 Å². The molecule has 2 heteroatoms. The number of aliphatic carboxylic acids is 1. The molecule has 0 atom stereocenters. The minimum absolute atomic E-state index is 0.337. The van der Waals surface area contributed by atoms with E-state index in [0.717, 1.165) is 12.8 Å². The fraction of sp³-hybridized carbons (Fsp3) is 0.786. The highest BCUT2D eigenvalue weighted by atomic mass is 16.4. The Labute approximate surface area is 99.7 Å². The molecule has 0 fully saturated rings. The van der Waals surface area contributed by atoms with Crippen LogP contribution >= 0.6 is 0 Å². The van der Waals surface area contributed by atoms with Crippen LogP contribution in [0.25, 0.3) is 0 Å². The summed E-state index contributed by atoms with van der Waals surface area (Å²) in [4.78, 5) is 10.3. The van der Waals surface area contributed by atoms with E-state index in [4.69, 9.17) is 5.11 Å². The van der Waals surface area contributed by atoms with Crippen LogP contribution < -0.4 is 0 Å². The predicted molar refractivity (Wildman–Crippen MR) is 68.6 cm³/mol. The van der Waals surface area contributed by atoms with Crippen LogP contribution in [0.4, 0.5) is 0 Å². The van der Waals surface area contributed by atoms with Gasteiger partial charge in [-0.15, -0.1) is 0 Å². The van der Waals surface area contributed by atoms with Crippen molar-refractivity contribution in [1.29, 1.82) is 0 Å². The van der Waals surface area contributed by atoms with Gasteiger partial charge in [0, 0.05) is 6.42 Å². The fourth-order valence-electron chi connectivity index (χ4n) is 1.77. The summed E-state index contributed by atoms with van der Waals surface area (Å²) in [5.41, 5.74) is 0.